The van der Waals surface area contributed by atoms with Crippen LogP contribution in [0.5, 0.6) is 5.75 Å². The van der Waals surface area contributed by atoms with E-state index in [-0.39, 0.29) is 30.3 Å². The Morgan fingerprint density at radius 3 is 2.54 bits per heavy atom. The lowest BCUT2D eigenvalue weighted by molar-refractivity contribution is -0.139. The molecule has 1 heterocycles. The summed E-state index contributed by atoms with van der Waals surface area (Å²) in [5.74, 6) is 0.0493. The molecule has 0 spiro atoms. The number of nitrogens with one attached hydrogen (secondary N) is 1. The summed E-state index contributed by atoms with van der Waals surface area (Å²) in [5.41, 5.74) is 5.81. The zero-order valence-electron chi connectivity index (χ0n) is 21.1. The largest absolute Gasteiger partial charge is 0.488 e. The molecule has 0 bridgehead atoms. The van der Waals surface area contributed by atoms with Crippen molar-refractivity contribution in [2.45, 2.75) is 76.7 Å². The minimum atomic E-state index is -0.808. The quantitative estimate of drug-likeness (QED) is 0.474. The molecular weight excluding hydrogens is 442 g/mol. The first-order chi connectivity index (χ1) is 16.6. The van der Waals surface area contributed by atoms with Crippen LogP contribution in [0.2, 0.25) is 0 Å². The van der Waals surface area contributed by atoms with Crippen molar-refractivity contribution < 1.29 is 24.5 Å². The molecule has 1 unspecified atom stereocenters. The number of rotatable bonds is 10. The summed E-state index contributed by atoms with van der Waals surface area (Å²) >= 11 is 0. The van der Waals surface area contributed by atoms with E-state index < -0.39 is 18.0 Å². The van der Waals surface area contributed by atoms with Gasteiger partial charge in [0.25, 0.3) is 0 Å². The van der Waals surface area contributed by atoms with Gasteiger partial charge in [0.2, 0.25) is 0 Å². The number of aliphatic carboxylic acids is 1. The number of β-amino-alcohol motifs (C(OH)–C–C–N with tert-alkyl or cyclic N) is 1. The number of aliphatic hydroxyl groups is 1. The van der Waals surface area contributed by atoms with Gasteiger partial charge in [0.1, 0.15) is 17.8 Å². The zero-order valence-corrected chi connectivity index (χ0v) is 21.1. The SMILES string of the molecule is Cc1ccc([C@@H](C)OCC(O)CNC(C)(C)CC2Cc3ccccc3C2)c2c1O[C@@H]1[C@@H](C(=O)O)[C@H]21. The Kier molecular flexibility index (Phi) is 6.41. The van der Waals surface area contributed by atoms with Gasteiger partial charge in [0.15, 0.2) is 0 Å². The predicted octanol–water partition coefficient (Wildman–Crippen LogP) is 4.17. The maximum absolute atomic E-state index is 11.5. The van der Waals surface area contributed by atoms with E-state index in [4.69, 9.17) is 9.47 Å². The van der Waals surface area contributed by atoms with E-state index in [2.05, 4.69) is 43.4 Å². The average molecular weight is 480 g/mol. The van der Waals surface area contributed by atoms with E-state index >= 15 is 0 Å². The van der Waals surface area contributed by atoms with E-state index in [1.54, 1.807) is 0 Å². The van der Waals surface area contributed by atoms with Crippen molar-refractivity contribution in [2.75, 3.05) is 13.2 Å². The Hall–Kier alpha value is -2.41. The number of carbonyl (C=O) groups is 1. The van der Waals surface area contributed by atoms with Gasteiger partial charge in [-0.1, -0.05) is 36.4 Å². The van der Waals surface area contributed by atoms with Gasteiger partial charge in [0.05, 0.1) is 18.8 Å². The van der Waals surface area contributed by atoms with Crippen LogP contribution in [-0.4, -0.2) is 47.1 Å². The second-order valence-electron chi connectivity index (χ2n) is 11.3. The molecule has 2 aromatic carbocycles. The van der Waals surface area contributed by atoms with Crippen molar-refractivity contribution >= 4 is 5.97 Å². The van der Waals surface area contributed by atoms with E-state index in [1.807, 2.05) is 26.0 Å². The highest BCUT2D eigenvalue weighted by Gasteiger charge is 2.64. The fourth-order valence-corrected chi connectivity index (χ4v) is 6.17. The first-order valence-corrected chi connectivity index (χ1v) is 12.8. The highest BCUT2D eigenvalue weighted by atomic mass is 16.5. The molecule has 3 aliphatic rings. The van der Waals surface area contributed by atoms with E-state index in [1.165, 1.54) is 11.1 Å². The van der Waals surface area contributed by atoms with E-state index in [9.17, 15) is 15.0 Å². The summed E-state index contributed by atoms with van der Waals surface area (Å²) in [5, 5.41) is 23.6. The maximum atomic E-state index is 11.5. The van der Waals surface area contributed by atoms with Crippen molar-refractivity contribution in [1.29, 1.82) is 0 Å². The Balaban J connectivity index is 1.12. The lowest BCUT2D eigenvalue weighted by Gasteiger charge is -2.31. The number of benzene rings is 2. The summed E-state index contributed by atoms with van der Waals surface area (Å²) in [6, 6.07) is 12.7. The molecule has 5 atom stereocenters. The number of carboxylic acid groups (broad SMARTS) is 1. The molecule has 1 fully saturated rings. The first-order valence-electron chi connectivity index (χ1n) is 12.8. The third-order valence-electron chi connectivity index (χ3n) is 7.98. The molecule has 5 rings (SSSR count). The molecule has 3 N–H and O–H groups in total. The third kappa shape index (κ3) is 4.84. The molecule has 0 radical (unpaired) electrons. The number of aryl methyl sites for hydroxylation is 1. The van der Waals surface area contributed by atoms with Gasteiger partial charge in [-0.3, -0.25) is 4.79 Å². The van der Waals surface area contributed by atoms with Gasteiger partial charge in [-0.2, -0.15) is 0 Å². The number of ether oxygens (including phenoxy) is 2. The average Bonchev–Trinajstić information content (AvgIpc) is 3.16. The Morgan fingerprint density at radius 2 is 1.89 bits per heavy atom. The summed E-state index contributed by atoms with van der Waals surface area (Å²) in [7, 11) is 0. The Morgan fingerprint density at radius 1 is 1.20 bits per heavy atom. The molecule has 0 amide bonds. The van der Waals surface area contributed by atoms with Crippen molar-refractivity contribution in [3.8, 4) is 5.75 Å². The van der Waals surface area contributed by atoms with Crippen molar-refractivity contribution in [3.63, 3.8) is 0 Å². The number of fused-ring (bicyclic) bond motifs is 4. The molecule has 1 aliphatic heterocycles. The third-order valence-corrected chi connectivity index (χ3v) is 7.98. The topological polar surface area (TPSA) is 88.0 Å². The normalized spacial score (nSPS) is 24.3. The van der Waals surface area contributed by atoms with Crippen LogP contribution in [0.4, 0.5) is 0 Å². The molecule has 35 heavy (non-hydrogen) atoms. The second-order valence-corrected chi connectivity index (χ2v) is 11.3. The minimum absolute atomic E-state index is 0.0821. The molecular formula is C29H37NO5. The number of hydrogen-bond acceptors (Lipinski definition) is 5. The Bertz CT molecular complexity index is 1090. The summed E-state index contributed by atoms with van der Waals surface area (Å²) in [6.07, 6.45) is 2.14. The predicted molar refractivity (Wildman–Crippen MR) is 134 cm³/mol. The molecule has 2 aromatic rings. The molecule has 2 aliphatic carbocycles. The van der Waals surface area contributed by atoms with Crippen LogP contribution in [0, 0.1) is 18.8 Å². The fraction of sp³-hybridized carbons (Fsp3) is 0.552. The van der Waals surface area contributed by atoms with Gasteiger partial charge in [-0.05, 0) is 75.1 Å². The van der Waals surface area contributed by atoms with Gasteiger partial charge in [0, 0.05) is 23.6 Å². The van der Waals surface area contributed by atoms with Crippen LogP contribution in [0.15, 0.2) is 36.4 Å². The van der Waals surface area contributed by atoms with Crippen LogP contribution in [0.3, 0.4) is 0 Å². The first kappa shape index (κ1) is 24.3. The molecule has 6 nitrogen and oxygen atoms in total. The van der Waals surface area contributed by atoms with E-state index in [0.29, 0.717) is 12.5 Å². The van der Waals surface area contributed by atoms with Gasteiger partial charge in [-0.15, -0.1) is 0 Å². The highest BCUT2D eigenvalue weighted by molar-refractivity contribution is 5.79. The lowest BCUT2D eigenvalue weighted by Crippen LogP contribution is -2.45. The summed E-state index contributed by atoms with van der Waals surface area (Å²) in [6.45, 7) is 9.01. The zero-order chi connectivity index (χ0) is 24.9. The molecule has 188 valence electrons. The lowest BCUT2D eigenvalue weighted by atomic mass is 9.88. The van der Waals surface area contributed by atoms with Gasteiger partial charge in [-0.25, -0.2) is 0 Å². The van der Waals surface area contributed by atoms with Gasteiger partial charge < -0.3 is 25.0 Å². The van der Waals surface area contributed by atoms with Crippen LogP contribution in [-0.2, 0) is 22.4 Å². The van der Waals surface area contributed by atoms with Crippen molar-refractivity contribution in [1.82, 2.24) is 5.32 Å². The Labute approximate surface area is 207 Å². The van der Waals surface area contributed by atoms with Gasteiger partial charge >= 0.3 is 5.97 Å². The van der Waals surface area contributed by atoms with Crippen LogP contribution < -0.4 is 10.1 Å². The molecule has 0 saturated heterocycles. The number of carboxylic acids is 1. The highest BCUT2D eigenvalue weighted by Crippen LogP contribution is 2.61. The monoisotopic (exact) mass is 479 g/mol. The maximum Gasteiger partial charge on any atom is 0.311 e. The number of aliphatic hydroxyl groups excluding tert-OH is 1. The smallest absolute Gasteiger partial charge is 0.311 e. The standard InChI is InChI=1S/C29H37NO5/c1-16-9-10-22(23-24-25(28(32)33)27(24)35-26(16)23)17(2)34-15-21(31)14-30-29(3,4)13-18-11-19-7-5-6-8-20(19)12-18/h5-10,17-18,21,24-25,27,30-31H,11-15H2,1-4H3,(H,32,33)/t17-,21?,24+,25+,27+/m1/s1. The van der Waals surface area contributed by atoms with Crippen LogP contribution in [0.25, 0.3) is 0 Å². The minimum Gasteiger partial charge on any atom is -0.488 e. The number of hydrogen-bond donors (Lipinski definition) is 3. The summed E-state index contributed by atoms with van der Waals surface area (Å²) in [4.78, 5) is 11.5. The molecule has 0 aromatic heterocycles. The second kappa shape index (κ2) is 9.23. The summed E-state index contributed by atoms with van der Waals surface area (Å²) < 4.78 is 12.0. The molecule has 1 saturated carbocycles. The van der Waals surface area contributed by atoms with E-state index in [0.717, 1.165) is 41.7 Å². The van der Waals surface area contributed by atoms with Crippen molar-refractivity contribution in [3.05, 3.63) is 64.2 Å². The fourth-order valence-electron chi connectivity index (χ4n) is 6.17. The van der Waals surface area contributed by atoms with Crippen molar-refractivity contribution in [2.24, 2.45) is 11.8 Å². The van der Waals surface area contributed by atoms with Crippen LogP contribution >= 0.6 is 0 Å². The molecule has 6 heteroatoms. The van der Waals surface area contributed by atoms with Crippen LogP contribution in [0.1, 0.15) is 67.0 Å².